The molecule has 4 saturated carbocycles. The Kier molecular flexibility index (Phi) is 4.82. The number of amides is 1. The molecule has 0 unspecified atom stereocenters. The van der Waals surface area contributed by atoms with Crippen LogP contribution in [0, 0.1) is 23.2 Å². The van der Waals surface area contributed by atoms with E-state index < -0.39 is 12.0 Å². The Morgan fingerprint density at radius 1 is 1.15 bits per heavy atom. The standard InChI is InChI=1S/C21H28N2O4/c1-26-18-4-3-13(12-22-18)8-17(19(24)27-2)23-20(25)21-9-14-5-15(10-21)7-16(6-14)11-21/h3-4,12,14-17H,5-11H2,1-2H3,(H,23,25)/t14?,15?,16?,17-,21?/m1/s1. The molecule has 0 spiro atoms. The van der Waals surface area contributed by atoms with E-state index in [4.69, 9.17) is 9.47 Å². The Balaban J connectivity index is 1.48. The molecule has 6 heteroatoms. The number of ether oxygens (including phenoxy) is 2. The second kappa shape index (κ2) is 7.13. The van der Waals surface area contributed by atoms with Crippen LogP contribution in [0.4, 0.5) is 0 Å². The van der Waals surface area contributed by atoms with E-state index in [-0.39, 0.29) is 11.3 Å². The molecule has 0 saturated heterocycles. The fourth-order valence-corrected chi connectivity index (χ4v) is 5.92. The van der Waals surface area contributed by atoms with Gasteiger partial charge in [0.1, 0.15) is 6.04 Å². The number of methoxy groups -OCH3 is 2. The van der Waals surface area contributed by atoms with E-state index in [0.717, 1.165) is 24.8 Å². The molecular weight excluding hydrogens is 344 g/mol. The lowest BCUT2D eigenvalue weighted by Gasteiger charge is -2.55. The third-order valence-electron chi connectivity index (χ3n) is 6.76. The number of rotatable bonds is 6. The van der Waals surface area contributed by atoms with E-state index in [9.17, 15) is 9.59 Å². The molecule has 146 valence electrons. The summed E-state index contributed by atoms with van der Waals surface area (Å²) in [4.78, 5) is 29.8. The first-order chi connectivity index (χ1) is 13.0. The lowest BCUT2D eigenvalue weighted by molar-refractivity contribution is -0.152. The molecule has 1 aromatic rings. The van der Waals surface area contributed by atoms with Crippen LogP contribution in [0.3, 0.4) is 0 Å². The van der Waals surface area contributed by atoms with E-state index in [0.29, 0.717) is 30.1 Å². The Morgan fingerprint density at radius 3 is 2.26 bits per heavy atom. The Hall–Kier alpha value is -2.11. The summed E-state index contributed by atoms with van der Waals surface area (Å²) in [7, 11) is 2.92. The molecule has 1 N–H and O–H groups in total. The highest BCUT2D eigenvalue weighted by Gasteiger charge is 2.55. The minimum Gasteiger partial charge on any atom is -0.481 e. The third-order valence-corrected chi connectivity index (χ3v) is 6.76. The van der Waals surface area contributed by atoms with Crippen LogP contribution >= 0.6 is 0 Å². The van der Waals surface area contributed by atoms with Gasteiger partial charge in [0.05, 0.1) is 14.2 Å². The molecule has 1 amide bonds. The number of esters is 1. The second-order valence-electron chi connectivity index (χ2n) is 8.66. The molecule has 1 atom stereocenters. The fourth-order valence-electron chi connectivity index (χ4n) is 5.92. The van der Waals surface area contributed by atoms with Crippen molar-refractivity contribution < 1.29 is 19.1 Å². The highest BCUT2D eigenvalue weighted by molar-refractivity contribution is 5.88. The van der Waals surface area contributed by atoms with Crippen molar-refractivity contribution in [2.75, 3.05) is 14.2 Å². The van der Waals surface area contributed by atoms with E-state index in [1.54, 1.807) is 19.4 Å². The van der Waals surface area contributed by atoms with Crippen molar-refractivity contribution in [3.63, 3.8) is 0 Å². The summed E-state index contributed by atoms with van der Waals surface area (Å²) in [5, 5.41) is 3.03. The quantitative estimate of drug-likeness (QED) is 0.777. The molecule has 1 aromatic heterocycles. The number of hydrogen-bond acceptors (Lipinski definition) is 5. The molecule has 0 aromatic carbocycles. The normalized spacial score (nSPS) is 32.0. The lowest BCUT2D eigenvalue weighted by atomic mass is 9.49. The number of pyridine rings is 1. The van der Waals surface area contributed by atoms with Gasteiger partial charge in [0.25, 0.3) is 0 Å². The van der Waals surface area contributed by atoms with Gasteiger partial charge in [-0.25, -0.2) is 9.78 Å². The first-order valence-electron chi connectivity index (χ1n) is 9.89. The number of aromatic nitrogens is 1. The Bertz CT molecular complexity index is 680. The highest BCUT2D eigenvalue weighted by Crippen LogP contribution is 2.60. The lowest BCUT2D eigenvalue weighted by Crippen LogP contribution is -2.56. The maximum Gasteiger partial charge on any atom is 0.328 e. The van der Waals surface area contributed by atoms with Gasteiger partial charge in [0, 0.05) is 24.1 Å². The molecule has 0 radical (unpaired) electrons. The van der Waals surface area contributed by atoms with E-state index >= 15 is 0 Å². The fraction of sp³-hybridized carbons (Fsp3) is 0.667. The van der Waals surface area contributed by atoms with Gasteiger partial charge < -0.3 is 14.8 Å². The summed E-state index contributed by atoms with van der Waals surface area (Å²) in [5.74, 6) is 2.20. The van der Waals surface area contributed by atoms with Crippen LogP contribution in [-0.2, 0) is 20.7 Å². The van der Waals surface area contributed by atoms with Gasteiger partial charge in [-0.3, -0.25) is 4.79 Å². The summed E-state index contributed by atoms with van der Waals surface area (Å²) in [5.41, 5.74) is 0.580. The van der Waals surface area contributed by atoms with Crippen molar-refractivity contribution >= 4 is 11.9 Å². The largest absolute Gasteiger partial charge is 0.481 e. The minimum absolute atomic E-state index is 0.0403. The minimum atomic E-state index is -0.689. The van der Waals surface area contributed by atoms with Crippen LogP contribution in [0.15, 0.2) is 18.3 Å². The van der Waals surface area contributed by atoms with Gasteiger partial charge in [-0.1, -0.05) is 6.07 Å². The molecule has 27 heavy (non-hydrogen) atoms. The number of nitrogens with zero attached hydrogens (tertiary/aromatic N) is 1. The first kappa shape index (κ1) is 18.3. The van der Waals surface area contributed by atoms with Crippen LogP contribution in [0.25, 0.3) is 0 Å². The smallest absolute Gasteiger partial charge is 0.328 e. The average molecular weight is 372 g/mol. The van der Waals surface area contributed by atoms with Crippen LogP contribution in [0.1, 0.15) is 44.1 Å². The van der Waals surface area contributed by atoms with Gasteiger partial charge in [-0.15, -0.1) is 0 Å². The molecule has 4 aliphatic carbocycles. The van der Waals surface area contributed by atoms with E-state index in [1.165, 1.54) is 26.4 Å². The molecule has 4 fully saturated rings. The number of carbonyl (C=O) groups is 2. The van der Waals surface area contributed by atoms with Crippen molar-refractivity contribution in [3.05, 3.63) is 23.9 Å². The van der Waals surface area contributed by atoms with Gasteiger partial charge in [0.15, 0.2) is 0 Å². The number of carbonyl (C=O) groups excluding carboxylic acids is 2. The zero-order valence-corrected chi connectivity index (χ0v) is 16.1. The molecule has 5 rings (SSSR count). The summed E-state index contributed by atoms with van der Waals surface area (Å²) < 4.78 is 10.0. The van der Waals surface area contributed by atoms with Crippen molar-refractivity contribution in [2.24, 2.45) is 23.2 Å². The molecular formula is C21H28N2O4. The van der Waals surface area contributed by atoms with Crippen LogP contribution in [0.5, 0.6) is 5.88 Å². The number of nitrogens with one attached hydrogen (secondary N) is 1. The molecule has 4 bridgehead atoms. The van der Waals surface area contributed by atoms with Crippen LogP contribution < -0.4 is 10.1 Å². The zero-order chi connectivity index (χ0) is 19.0. The Morgan fingerprint density at radius 2 is 1.78 bits per heavy atom. The molecule has 0 aliphatic heterocycles. The summed E-state index contributed by atoms with van der Waals surface area (Å²) in [6.07, 6.45) is 8.81. The SMILES string of the molecule is COC(=O)[C@@H](Cc1ccc(OC)nc1)NC(=O)C12CC3CC(CC(C3)C1)C2. The van der Waals surface area contributed by atoms with Gasteiger partial charge in [-0.2, -0.15) is 0 Å². The Labute approximate surface area is 160 Å². The maximum absolute atomic E-state index is 13.3. The van der Waals surface area contributed by atoms with Crippen molar-refractivity contribution in [1.29, 1.82) is 0 Å². The molecule has 6 nitrogen and oxygen atoms in total. The third kappa shape index (κ3) is 3.54. The van der Waals surface area contributed by atoms with E-state index in [1.807, 2.05) is 6.07 Å². The zero-order valence-electron chi connectivity index (χ0n) is 16.1. The number of hydrogen-bond donors (Lipinski definition) is 1. The predicted molar refractivity (Wildman–Crippen MR) is 99.0 cm³/mol. The van der Waals surface area contributed by atoms with Gasteiger partial charge in [-0.05, 0) is 61.8 Å². The highest BCUT2D eigenvalue weighted by atomic mass is 16.5. The van der Waals surface area contributed by atoms with E-state index in [2.05, 4.69) is 10.3 Å². The average Bonchev–Trinajstić information content (AvgIpc) is 2.66. The van der Waals surface area contributed by atoms with Crippen molar-refractivity contribution in [3.8, 4) is 5.88 Å². The molecule has 4 aliphatic rings. The monoisotopic (exact) mass is 372 g/mol. The predicted octanol–water partition coefficient (Wildman–Crippen LogP) is 2.51. The maximum atomic E-state index is 13.3. The summed E-state index contributed by atoms with van der Waals surface area (Å²) in [6.45, 7) is 0. The summed E-state index contributed by atoms with van der Waals surface area (Å²) >= 11 is 0. The van der Waals surface area contributed by atoms with Crippen molar-refractivity contribution in [2.45, 2.75) is 51.0 Å². The first-order valence-corrected chi connectivity index (χ1v) is 9.89. The van der Waals surface area contributed by atoms with Crippen LogP contribution in [-0.4, -0.2) is 37.1 Å². The van der Waals surface area contributed by atoms with Crippen molar-refractivity contribution in [1.82, 2.24) is 10.3 Å². The molecule has 1 heterocycles. The topological polar surface area (TPSA) is 77.5 Å². The van der Waals surface area contributed by atoms with Crippen LogP contribution in [0.2, 0.25) is 0 Å². The second-order valence-corrected chi connectivity index (χ2v) is 8.66. The summed E-state index contributed by atoms with van der Waals surface area (Å²) in [6, 6.07) is 2.93. The van der Waals surface area contributed by atoms with Gasteiger partial charge in [0.2, 0.25) is 11.8 Å². The van der Waals surface area contributed by atoms with Gasteiger partial charge >= 0.3 is 5.97 Å².